The highest BCUT2D eigenvalue weighted by atomic mass is 32.2. The van der Waals surface area contributed by atoms with Gasteiger partial charge in [-0.1, -0.05) is 6.92 Å². The number of thioether (sulfide) groups is 1. The van der Waals surface area contributed by atoms with Crippen molar-refractivity contribution in [2.75, 3.05) is 11.5 Å². The minimum absolute atomic E-state index is 0.395. The molecule has 14 heavy (non-hydrogen) atoms. The number of rotatable bonds is 4. The summed E-state index contributed by atoms with van der Waals surface area (Å²) in [6.07, 6.45) is 1.55. The van der Waals surface area contributed by atoms with Crippen LogP contribution in [0.4, 0.5) is 5.69 Å². The van der Waals surface area contributed by atoms with Crippen LogP contribution in [0.15, 0.2) is 23.1 Å². The summed E-state index contributed by atoms with van der Waals surface area (Å²) in [6.45, 7) is 2.15. The first kappa shape index (κ1) is 10.9. The van der Waals surface area contributed by atoms with E-state index in [4.69, 9.17) is 11.0 Å². The molecule has 0 saturated carbocycles. The Hall–Kier alpha value is -1.14. The summed E-state index contributed by atoms with van der Waals surface area (Å²) < 4.78 is 0. The van der Waals surface area contributed by atoms with E-state index in [0.717, 1.165) is 17.7 Å². The highest BCUT2D eigenvalue weighted by molar-refractivity contribution is 7.99. The quantitative estimate of drug-likeness (QED) is 0.608. The zero-order valence-electron chi connectivity index (χ0n) is 8.29. The second-order valence-electron chi connectivity index (χ2n) is 3.04. The molecule has 2 N–H and O–H groups in total. The molecule has 0 heterocycles. The first-order chi connectivity index (χ1) is 6.77. The smallest absolute Gasteiger partial charge is 0.0670 e. The first-order valence-electron chi connectivity index (χ1n) is 4.66. The molecule has 0 aliphatic heterocycles. The molecule has 0 aliphatic carbocycles. The lowest BCUT2D eigenvalue weighted by Gasteiger charge is -2.04. The summed E-state index contributed by atoms with van der Waals surface area (Å²) in [5.74, 6) is 1.11. The number of nitrogens with two attached hydrogens (primary N) is 1. The highest BCUT2D eigenvalue weighted by Gasteiger charge is 2.00. The van der Waals surface area contributed by atoms with E-state index < -0.39 is 0 Å². The molecule has 0 radical (unpaired) electrons. The number of nitriles is 1. The van der Waals surface area contributed by atoms with Crippen LogP contribution in [0.25, 0.3) is 0 Å². The molecule has 1 rings (SSSR count). The van der Waals surface area contributed by atoms with Gasteiger partial charge in [0.2, 0.25) is 0 Å². The van der Waals surface area contributed by atoms with Crippen LogP contribution < -0.4 is 5.73 Å². The maximum atomic E-state index is 8.60. The predicted molar refractivity (Wildman–Crippen MR) is 61.2 cm³/mol. The Morgan fingerprint density at radius 3 is 2.93 bits per heavy atom. The van der Waals surface area contributed by atoms with Crippen molar-refractivity contribution in [1.29, 1.82) is 5.26 Å². The third-order valence-electron chi connectivity index (χ3n) is 1.86. The molecule has 0 amide bonds. The van der Waals surface area contributed by atoms with Crippen molar-refractivity contribution >= 4 is 17.4 Å². The van der Waals surface area contributed by atoms with Gasteiger partial charge in [0, 0.05) is 10.6 Å². The minimum atomic E-state index is 0.395. The van der Waals surface area contributed by atoms with Crippen molar-refractivity contribution in [2.45, 2.75) is 24.7 Å². The molecule has 3 heteroatoms. The number of hydrogen-bond acceptors (Lipinski definition) is 3. The Bertz CT molecular complexity index is 342. The van der Waals surface area contributed by atoms with Crippen LogP contribution in [0, 0.1) is 11.3 Å². The minimum Gasteiger partial charge on any atom is -0.398 e. The van der Waals surface area contributed by atoms with Crippen molar-refractivity contribution < 1.29 is 0 Å². The average molecular weight is 206 g/mol. The Balaban J connectivity index is 2.79. The van der Waals surface area contributed by atoms with Crippen molar-refractivity contribution in [3.63, 3.8) is 0 Å². The molecule has 0 aromatic heterocycles. The van der Waals surface area contributed by atoms with E-state index in [0.29, 0.717) is 12.1 Å². The predicted octanol–water partition coefficient (Wildman–Crippen LogP) is 2.84. The summed E-state index contributed by atoms with van der Waals surface area (Å²) >= 11 is 1.80. The van der Waals surface area contributed by atoms with Crippen LogP contribution in [-0.4, -0.2) is 5.75 Å². The molecule has 0 fully saturated rings. The topological polar surface area (TPSA) is 49.8 Å². The van der Waals surface area contributed by atoms with Crippen molar-refractivity contribution in [1.82, 2.24) is 0 Å². The molecule has 0 atom stereocenters. The molecule has 0 bridgehead atoms. The van der Waals surface area contributed by atoms with E-state index >= 15 is 0 Å². The van der Waals surface area contributed by atoms with E-state index in [2.05, 4.69) is 13.0 Å². The van der Waals surface area contributed by atoms with Gasteiger partial charge in [-0.05, 0) is 35.9 Å². The molecular weight excluding hydrogens is 192 g/mol. The zero-order valence-corrected chi connectivity index (χ0v) is 9.10. The number of nitrogens with zero attached hydrogens (tertiary/aromatic N) is 1. The lowest BCUT2D eigenvalue weighted by molar-refractivity contribution is 1.10. The Morgan fingerprint density at radius 1 is 1.50 bits per heavy atom. The van der Waals surface area contributed by atoms with E-state index in [-0.39, 0.29) is 0 Å². The molecule has 0 spiro atoms. The molecule has 74 valence electrons. The first-order valence-corrected chi connectivity index (χ1v) is 5.64. The highest BCUT2D eigenvalue weighted by Crippen LogP contribution is 2.23. The fourth-order valence-corrected chi connectivity index (χ4v) is 1.96. The molecule has 1 aromatic rings. The summed E-state index contributed by atoms with van der Waals surface area (Å²) in [4.78, 5) is 1.20. The van der Waals surface area contributed by atoms with Gasteiger partial charge in [0.15, 0.2) is 0 Å². The SMILES string of the molecule is CCCSc1ccc(N)c(CC#N)c1. The number of anilines is 1. The van der Waals surface area contributed by atoms with Gasteiger partial charge in [-0.15, -0.1) is 11.8 Å². The van der Waals surface area contributed by atoms with Gasteiger partial charge in [-0.2, -0.15) is 5.26 Å². The van der Waals surface area contributed by atoms with Crippen LogP contribution >= 0.6 is 11.8 Å². The summed E-state index contributed by atoms with van der Waals surface area (Å²) in [6, 6.07) is 8.02. The fraction of sp³-hybridized carbons (Fsp3) is 0.364. The van der Waals surface area contributed by atoms with Gasteiger partial charge >= 0.3 is 0 Å². The monoisotopic (exact) mass is 206 g/mol. The van der Waals surface area contributed by atoms with Crippen LogP contribution in [0.5, 0.6) is 0 Å². The lowest BCUT2D eigenvalue weighted by Crippen LogP contribution is -1.93. The van der Waals surface area contributed by atoms with Gasteiger partial charge in [0.25, 0.3) is 0 Å². The maximum Gasteiger partial charge on any atom is 0.0670 e. The van der Waals surface area contributed by atoms with Crippen molar-refractivity contribution in [3.05, 3.63) is 23.8 Å². The summed E-state index contributed by atoms with van der Waals surface area (Å²) in [7, 11) is 0. The van der Waals surface area contributed by atoms with E-state index in [1.165, 1.54) is 4.90 Å². The van der Waals surface area contributed by atoms with Crippen molar-refractivity contribution in [2.24, 2.45) is 0 Å². The fourth-order valence-electron chi connectivity index (χ4n) is 1.13. The van der Waals surface area contributed by atoms with Gasteiger partial charge in [-0.3, -0.25) is 0 Å². The Labute approximate surface area is 89.1 Å². The second kappa shape index (κ2) is 5.56. The summed E-state index contributed by atoms with van der Waals surface area (Å²) in [5.41, 5.74) is 7.40. The second-order valence-corrected chi connectivity index (χ2v) is 4.21. The average Bonchev–Trinajstić information content (AvgIpc) is 2.19. The largest absolute Gasteiger partial charge is 0.398 e. The summed E-state index contributed by atoms with van der Waals surface area (Å²) in [5, 5.41) is 8.60. The molecule has 2 nitrogen and oxygen atoms in total. The third-order valence-corrected chi connectivity index (χ3v) is 3.06. The maximum absolute atomic E-state index is 8.60. The van der Waals surface area contributed by atoms with Gasteiger partial charge in [0.1, 0.15) is 0 Å². The van der Waals surface area contributed by atoms with Gasteiger partial charge in [-0.25, -0.2) is 0 Å². The molecular formula is C11H14N2S. The van der Waals surface area contributed by atoms with Crippen LogP contribution in [0.2, 0.25) is 0 Å². The van der Waals surface area contributed by atoms with Crippen LogP contribution in [-0.2, 0) is 6.42 Å². The lowest BCUT2D eigenvalue weighted by atomic mass is 10.1. The normalized spacial score (nSPS) is 9.71. The van der Waals surface area contributed by atoms with E-state index in [1.54, 1.807) is 11.8 Å². The Kier molecular flexibility index (Phi) is 4.34. The molecule has 0 unspecified atom stereocenters. The molecule has 1 aromatic carbocycles. The Morgan fingerprint density at radius 2 is 2.29 bits per heavy atom. The van der Waals surface area contributed by atoms with Crippen molar-refractivity contribution in [3.8, 4) is 6.07 Å². The number of hydrogen-bond donors (Lipinski definition) is 1. The third kappa shape index (κ3) is 2.97. The van der Waals surface area contributed by atoms with E-state index in [9.17, 15) is 0 Å². The van der Waals surface area contributed by atoms with Crippen LogP contribution in [0.1, 0.15) is 18.9 Å². The number of benzene rings is 1. The zero-order chi connectivity index (χ0) is 10.4. The van der Waals surface area contributed by atoms with E-state index in [1.807, 2.05) is 18.2 Å². The van der Waals surface area contributed by atoms with Gasteiger partial charge < -0.3 is 5.73 Å². The molecule has 0 aliphatic rings. The van der Waals surface area contributed by atoms with Gasteiger partial charge in [0.05, 0.1) is 12.5 Å². The standard InChI is InChI=1S/C11H14N2S/c1-2-7-14-10-3-4-11(13)9(8-10)5-6-12/h3-4,8H,2,5,7,13H2,1H3. The molecule has 0 saturated heterocycles. The number of nitrogen functional groups attached to an aromatic ring is 1. The van der Waals surface area contributed by atoms with Crippen LogP contribution in [0.3, 0.4) is 0 Å².